The zero-order valence-electron chi connectivity index (χ0n) is 12.6. The number of nitrogens with zero attached hydrogens (tertiary/aromatic N) is 1. The van der Waals surface area contributed by atoms with Gasteiger partial charge in [0.2, 0.25) is 5.88 Å². The maximum Gasteiger partial charge on any atom is 0.574 e. The minimum Gasteiger partial charge on any atom is -0.388 e. The molecular weight excluding hydrogens is 356 g/mol. The molecule has 0 unspecified atom stereocenters. The average Bonchev–Trinajstić information content (AvgIpc) is 2.36. The van der Waals surface area contributed by atoms with Crippen molar-refractivity contribution in [2.24, 2.45) is 5.41 Å². The van der Waals surface area contributed by atoms with Gasteiger partial charge in [0.1, 0.15) is 0 Å². The fraction of sp³-hybridized carbons (Fsp3) is 0.571. The quantitative estimate of drug-likeness (QED) is 0.801. The molecule has 2 bridgehead atoms. The molecule has 0 aliphatic heterocycles. The number of rotatable bonds is 4. The Bertz CT molecular complexity index is 668. The van der Waals surface area contributed by atoms with Gasteiger partial charge in [0, 0.05) is 24.3 Å². The summed E-state index contributed by atoms with van der Waals surface area (Å²) in [7, 11) is 0. The number of hydrogen-bond acceptors (Lipinski definition) is 3. The van der Waals surface area contributed by atoms with E-state index in [-0.39, 0.29) is 25.8 Å². The van der Waals surface area contributed by atoms with Crippen LogP contribution in [0.4, 0.5) is 31.1 Å². The maximum absolute atomic E-state index is 12.7. The first-order chi connectivity index (χ1) is 11.4. The van der Waals surface area contributed by atoms with Crippen LogP contribution in [-0.4, -0.2) is 29.1 Å². The first-order valence-corrected chi connectivity index (χ1v) is 7.26. The molecule has 4 rings (SSSR count). The smallest absolute Gasteiger partial charge is 0.388 e. The number of urea groups is 1. The Morgan fingerprint density at radius 3 is 2.40 bits per heavy atom. The van der Waals surface area contributed by atoms with E-state index < -0.39 is 35.4 Å². The van der Waals surface area contributed by atoms with E-state index in [2.05, 4.69) is 20.4 Å². The first-order valence-electron chi connectivity index (χ1n) is 7.26. The molecule has 1 heterocycles. The number of alkyl halides is 6. The lowest BCUT2D eigenvalue weighted by Gasteiger charge is -2.70. The lowest BCUT2D eigenvalue weighted by Crippen LogP contribution is -2.79. The number of ether oxygens (including phenoxy) is 1. The Balaban J connectivity index is 1.47. The van der Waals surface area contributed by atoms with Crippen molar-refractivity contribution in [2.75, 3.05) is 0 Å². The Kier molecular flexibility index (Phi) is 3.80. The minimum atomic E-state index is -4.88. The fourth-order valence-corrected chi connectivity index (χ4v) is 3.42. The highest BCUT2D eigenvalue weighted by atomic mass is 19.4. The molecule has 3 fully saturated rings. The molecule has 3 saturated carbocycles. The van der Waals surface area contributed by atoms with E-state index in [9.17, 15) is 31.1 Å². The second-order valence-electron chi connectivity index (χ2n) is 6.45. The predicted octanol–water partition coefficient (Wildman–Crippen LogP) is 3.26. The molecule has 0 atom stereocenters. The van der Waals surface area contributed by atoms with Crippen LogP contribution in [0.3, 0.4) is 0 Å². The van der Waals surface area contributed by atoms with Gasteiger partial charge in [0.15, 0.2) is 0 Å². The van der Waals surface area contributed by atoms with Gasteiger partial charge in [0.05, 0.1) is 5.41 Å². The van der Waals surface area contributed by atoms with Crippen LogP contribution in [0.1, 0.15) is 24.8 Å². The van der Waals surface area contributed by atoms with Gasteiger partial charge in [-0.2, -0.15) is 13.2 Å². The lowest BCUT2D eigenvalue weighted by molar-refractivity contribution is -0.336. The monoisotopic (exact) mass is 369 g/mol. The first kappa shape index (κ1) is 17.6. The Morgan fingerprint density at radius 2 is 1.84 bits per heavy atom. The summed E-state index contributed by atoms with van der Waals surface area (Å²) < 4.78 is 78.2. The van der Waals surface area contributed by atoms with Crippen molar-refractivity contribution >= 4 is 6.03 Å². The van der Waals surface area contributed by atoms with Crippen LogP contribution in [0.2, 0.25) is 0 Å². The number of pyridine rings is 1. The molecule has 0 saturated heterocycles. The summed E-state index contributed by atoms with van der Waals surface area (Å²) >= 11 is 0. The molecule has 2 amide bonds. The van der Waals surface area contributed by atoms with Gasteiger partial charge in [-0.15, -0.1) is 13.2 Å². The third kappa shape index (κ3) is 3.45. The maximum atomic E-state index is 12.7. The number of nitrogens with one attached hydrogen (secondary N) is 2. The van der Waals surface area contributed by atoms with Gasteiger partial charge in [-0.3, -0.25) is 0 Å². The molecule has 5 nitrogen and oxygen atoms in total. The number of amides is 2. The van der Waals surface area contributed by atoms with E-state index in [4.69, 9.17) is 0 Å². The zero-order chi connectivity index (χ0) is 18.5. The second-order valence-corrected chi connectivity index (χ2v) is 6.45. The number of carbonyl (C=O) groups excluding carboxylic acids is 1. The van der Waals surface area contributed by atoms with Crippen molar-refractivity contribution in [1.29, 1.82) is 0 Å². The number of aromatic nitrogens is 1. The summed E-state index contributed by atoms with van der Waals surface area (Å²) in [6, 6.07) is 1.71. The highest BCUT2D eigenvalue weighted by molar-refractivity contribution is 5.75. The standard InChI is InChI=1S/C14H13F6N3O2/c15-13(16,17)11-5-12(6-11,7-11)23-10(24)22-4-8-1-2-21-9(3-8)25-14(18,19)20/h1-3H,4-7H2,(H2,22,23,24). The summed E-state index contributed by atoms with van der Waals surface area (Å²) in [6.07, 6.45) is -8.49. The van der Waals surface area contributed by atoms with Crippen LogP contribution >= 0.6 is 0 Å². The summed E-state index contributed by atoms with van der Waals surface area (Å²) in [5.41, 5.74) is -2.20. The summed E-state index contributed by atoms with van der Waals surface area (Å²) in [6.45, 7) is -0.122. The second kappa shape index (κ2) is 5.40. The van der Waals surface area contributed by atoms with Crippen LogP contribution in [0.5, 0.6) is 5.88 Å². The van der Waals surface area contributed by atoms with Crippen molar-refractivity contribution in [3.05, 3.63) is 23.9 Å². The molecule has 2 N–H and O–H groups in total. The van der Waals surface area contributed by atoms with E-state index >= 15 is 0 Å². The number of hydrogen-bond donors (Lipinski definition) is 2. The van der Waals surface area contributed by atoms with Crippen LogP contribution in [0, 0.1) is 5.41 Å². The molecule has 11 heteroatoms. The molecule has 0 radical (unpaired) electrons. The highest BCUT2D eigenvalue weighted by Gasteiger charge is 2.79. The van der Waals surface area contributed by atoms with Crippen LogP contribution in [-0.2, 0) is 6.54 Å². The molecular formula is C14H13F6N3O2. The Morgan fingerprint density at radius 1 is 1.20 bits per heavy atom. The van der Waals surface area contributed by atoms with Crippen LogP contribution in [0.15, 0.2) is 18.3 Å². The highest BCUT2D eigenvalue weighted by Crippen LogP contribution is 2.73. The van der Waals surface area contributed by atoms with Gasteiger partial charge in [-0.25, -0.2) is 9.78 Å². The van der Waals surface area contributed by atoms with Crippen molar-refractivity contribution in [3.8, 4) is 5.88 Å². The van der Waals surface area contributed by atoms with Crippen molar-refractivity contribution in [2.45, 2.75) is 43.9 Å². The third-order valence-electron chi connectivity index (χ3n) is 4.48. The van der Waals surface area contributed by atoms with Gasteiger partial charge >= 0.3 is 18.6 Å². The molecule has 3 aliphatic rings. The van der Waals surface area contributed by atoms with Gasteiger partial charge in [-0.1, -0.05) is 0 Å². The van der Waals surface area contributed by atoms with Crippen LogP contribution in [0.25, 0.3) is 0 Å². The number of carbonyl (C=O) groups is 1. The van der Waals surface area contributed by atoms with E-state index in [0.29, 0.717) is 5.56 Å². The molecule has 0 spiro atoms. The molecule has 25 heavy (non-hydrogen) atoms. The van der Waals surface area contributed by atoms with E-state index in [1.165, 1.54) is 6.07 Å². The average molecular weight is 369 g/mol. The third-order valence-corrected chi connectivity index (χ3v) is 4.48. The van der Waals surface area contributed by atoms with E-state index in [0.717, 1.165) is 12.3 Å². The van der Waals surface area contributed by atoms with Crippen LogP contribution < -0.4 is 15.4 Å². The normalized spacial score (nSPS) is 27.8. The number of halogens is 6. The predicted molar refractivity (Wildman–Crippen MR) is 71.4 cm³/mol. The molecule has 0 aromatic carbocycles. The summed E-state index contributed by atoms with van der Waals surface area (Å²) in [5.74, 6) is -0.668. The largest absolute Gasteiger partial charge is 0.574 e. The molecule has 138 valence electrons. The van der Waals surface area contributed by atoms with Gasteiger partial charge in [-0.05, 0) is 30.9 Å². The van der Waals surface area contributed by atoms with Gasteiger partial charge in [0.25, 0.3) is 0 Å². The fourth-order valence-electron chi connectivity index (χ4n) is 3.42. The van der Waals surface area contributed by atoms with E-state index in [1.54, 1.807) is 0 Å². The van der Waals surface area contributed by atoms with Crippen molar-refractivity contribution in [3.63, 3.8) is 0 Å². The SMILES string of the molecule is O=C(NCc1ccnc(OC(F)(F)F)c1)NC12CC(C(F)(F)F)(C1)C2. The zero-order valence-corrected chi connectivity index (χ0v) is 12.6. The summed E-state index contributed by atoms with van der Waals surface area (Å²) in [4.78, 5) is 15.2. The minimum absolute atomic E-state index is 0.122. The Labute approximate surface area is 137 Å². The Hall–Kier alpha value is -2.20. The molecule has 3 aliphatic carbocycles. The van der Waals surface area contributed by atoms with Crippen molar-refractivity contribution < 1.29 is 35.9 Å². The topological polar surface area (TPSA) is 63.2 Å². The molecule has 1 aromatic rings. The van der Waals surface area contributed by atoms with Gasteiger partial charge < -0.3 is 15.4 Å². The lowest BCUT2D eigenvalue weighted by atomic mass is 9.39. The van der Waals surface area contributed by atoms with Crippen molar-refractivity contribution in [1.82, 2.24) is 15.6 Å². The van der Waals surface area contributed by atoms with E-state index in [1.807, 2.05) is 0 Å². The summed E-state index contributed by atoms with van der Waals surface area (Å²) in [5, 5.41) is 4.90. The molecule has 1 aromatic heterocycles.